The van der Waals surface area contributed by atoms with Crippen LogP contribution in [-0.2, 0) is 6.54 Å². The molecule has 7 heteroatoms. The van der Waals surface area contributed by atoms with E-state index in [0.717, 1.165) is 11.3 Å². The Kier molecular flexibility index (Phi) is 6.77. The molecule has 0 saturated carbocycles. The van der Waals surface area contributed by atoms with Gasteiger partial charge >= 0.3 is 6.03 Å². The van der Waals surface area contributed by atoms with Gasteiger partial charge in [-0.3, -0.25) is 0 Å². The predicted molar refractivity (Wildman–Crippen MR) is 99.3 cm³/mol. The number of ether oxygens (including phenoxy) is 2. The molecule has 1 heterocycles. The van der Waals surface area contributed by atoms with E-state index in [4.69, 9.17) is 9.47 Å². The van der Waals surface area contributed by atoms with Crippen LogP contribution in [0.5, 0.6) is 11.5 Å². The van der Waals surface area contributed by atoms with E-state index in [2.05, 4.69) is 20.6 Å². The van der Waals surface area contributed by atoms with Crippen LogP contribution in [0.4, 0.5) is 4.79 Å². The van der Waals surface area contributed by atoms with E-state index in [-0.39, 0.29) is 18.2 Å². The highest BCUT2D eigenvalue weighted by Crippen LogP contribution is 2.31. The van der Waals surface area contributed by atoms with Crippen molar-refractivity contribution < 1.29 is 14.3 Å². The lowest BCUT2D eigenvalue weighted by Gasteiger charge is -2.18. The van der Waals surface area contributed by atoms with E-state index in [1.807, 2.05) is 45.9 Å². The minimum Gasteiger partial charge on any atom is -0.493 e. The lowest BCUT2D eigenvalue weighted by Crippen LogP contribution is -2.36. The van der Waals surface area contributed by atoms with Gasteiger partial charge in [-0.25, -0.2) is 14.8 Å². The Balaban J connectivity index is 1.95. The Bertz CT molecular complexity index is 749. The van der Waals surface area contributed by atoms with Crippen molar-refractivity contribution in [2.24, 2.45) is 0 Å². The Morgan fingerprint density at radius 2 is 1.96 bits per heavy atom. The number of methoxy groups -OCH3 is 1. The molecule has 2 rings (SSSR count). The van der Waals surface area contributed by atoms with Crippen LogP contribution >= 0.6 is 0 Å². The van der Waals surface area contributed by atoms with E-state index >= 15 is 0 Å². The van der Waals surface area contributed by atoms with Crippen LogP contribution in [0.15, 0.2) is 30.5 Å². The summed E-state index contributed by atoms with van der Waals surface area (Å²) in [7, 11) is 1.60. The summed E-state index contributed by atoms with van der Waals surface area (Å²) in [6.07, 6.45) is 1.73. The van der Waals surface area contributed by atoms with E-state index in [0.29, 0.717) is 23.9 Å². The van der Waals surface area contributed by atoms with Crippen molar-refractivity contribution in [3.05, 3.63) is 47.5 Å². The Labute approximate surface area is 154 Å². The highest BCUT2D eigenvalue weighted by atomic mass is 16.5. The molecule has 0 aliphatic heterocycles. The van der Waals surface area contributed by atoms with Crippen molar-refractivity contribution in [2.45, 2.75) is 46.4 Å². The summed E-state index contributed by atoms with van der Waals surface area (Å²) in [6.45, 7) is 7.98. The van der Waals surface area contributed by atoms with Crippen LogP contribution < -0.4 is 20.1 Å². The molecule has 26 heavy (non-hydrogen) atoms. The van der Waals surface area contributed by atoms with Gasteiger partial charge in [0.25, 0.3) is 0 Å². The first-order chi connectivity index (χ1) is 12.4. The van der Waals surface area contributed by atoms with Gasteiger partial charge < -0.3 is 20.1 Å². The third-order valence-corrected chi connectivity index (χ3v) is 3.66. The standard InChI is InChI=1S/C19H26N4O3/c1-12(2)26-17-7-6-15(10-18(17)25-5)13(3)22-19(24)21-11-16-8-9-20-14(4)23-16/h6-10,12-13H,11H2,1-5H3,(H2,21,22,24). The Hall–Kier alpha value is -2.83. The Morgan fingerprint density at radius 1 is 1.19 bits per heavy atom. The molecular weight excluding hydrogens is 332 g/mol. The van der Waals surface area contributed by atoms with Crippen molar-refractivity contribution in [3.8, 4) is 11.5 Å². The van der Waals surface area contributed by atoms with E-state index in [1.54, 1.807) is 19.4 Å². The number of nitrogens with one attached hydrogen (secondary N) is 2. The van der Waals surface area contributed by atoms with Crippen LogP contribution in [0, 0.1) is 6.92 Å². The second-order valence-corrected chi connectivity index (χ2v) is 6.22. The summed E-state index contributed by atoms with van der Waals surface area (Å²) >= 11 is 0. The normalized spacial score (nSPS) is 11.8. The maximum Gasteiger partial charge on any atom is 0.315 e. The number of rotatable bonds is 7. The number of aromatic nitrogens is 2. The molecule has 1 aromatic heterocycles. The lowest BCUT2D eigenvalue weighted by atomic mass is 10.1. The lowest BCUT2D eigenvalue weighted by molar-refractivity contribution is 0.230. The van der Waals surface area contributed by atoms with Crippen LogP contribution in [-0.4, -0.2) is 29.2 Å². The largest absolute Gasteiger partial charge is 0.493 e. The van der Waals surface area contributed by atoms with Crippen LogP contribution in [0.2, 0.25) is 0 Å². The number of aryl methyl sites for hydroxylation is 1. The summed E-state index contributed by atoms with van der Waals surface area (Å²) in [6, 6.07) is 6.96. The van der Waals surface area contributed by atoms with Crippen molar-refractivity contribution in [2.75, 3.05) is 7.11 Å². The monoisotopic (exact) mass is 358 g/mol. The fourth-order valence-electron chi connectivity index (χ4n) is 2.41. The minimum absolute atomic E-state index is 0.0570. The number of benzene rings is 1. The number of carbonyl (C=O) groups is 1. The molecule has 0 bridgehead atoms. The Morgan fingerprint density at radius 3 is 2.62 bits per heavy atom. The summed E-state index contributed by atoms with van der Waals surface area (Å²) in [5.41, 5.74) is 1.68. The molecule has 0 saturated heterocycles. The SMILES string of the molecule is COc1cc(C(C)NC(=O)NCc2ccnc(C)n2)ccc1OC(C)C. The second kappa shape index (κ2) is 9.03. The van der Waals surface area contributed by atoms with Crippen molar-refractivity contribution >= 4 is 6.03 Å². The van der Waals surface area contributed by atoms with Gasteiger partial charge in [0, 0.05) is 6.20 Å². The molecule has 1 aromatic carbocycles. The molecule has 0 fully saturated rings. The topological polar surface area (TPSA) is 85.4 Å². The molecule has 1 unspecified atom stereocenters. The number of hydrogen-bond donors (Lipinski definition) is 2. The number of hydrogen-bond acceptors (Lipinski definition) is 5. The van der Waals surface area contributed by atoms with Crippen molar-refractivity contribution in [3.63, 3.8) is 0 Å². The molecule has 0 spiro atoms. The smallest absolute Gasteiger partial charge is 0.315 e. The maximum atomic E-state index is 12.1. The van der Waals surface area contributed by atoms with Gasteiger partial charge in [-0.2, -0.15) is 0 Å². The molecule has 0 aliphatic rings. The van der Waals surface area contributed by atoms with Gasteiger partial charge in [-0.1, -0.05) is 6.07 Å². The summed E-state index contributed by atoms with van der Waals surface area (Å²) in [5, 5.41) is 5.70. The molecule has 7 nitrogen and oxygen atoms in total. The number of carbonyl (C=O) groups excluding carboxylic acids is 1. The zero-order chi connectivity index (χ0) is 19.1. The third-order valence-electron chi connectivity index (χ3n) is 3.66. The van der Waals surface area contributed by atoms with Gasteiger partial charge in [0.2, 0.25) is 0 Å². The van der Waals surface area contributed by atoms with Gasteiger partial charge in [0.05, 0.1) is 31.5 Å². The van der Waals surface area contributed by atoms with Gasteiger partial charge in [-0.05, 0) is 51.5 Å². The van der Waals surface area contributed by atoms with Crippen molar-refractivity contribution in [1.82, 2.24) is 20.6 Å². The number of urea groups is 1. The summed E-state index contributed by atoms with van der Waals surface area (Å²) < 4.78 is 11.1. The third kappa shape index (κ3) is 5.61. The highest BCUT2D eigenvalue weighted by Gasteiger charge is 2.13. The number of amides is 2. The van der Waals surface area contributed by atoms with E-state index < -0.39 is 0 Å². The first-order valence-electron chi connectivity index (χ1n) is 8.56. The van der Waals surface area contributed by atoms with Crippen molar-refractivity contribution in [1.29, 1.82) is 0 Å². The molecule has 0 radical (unpaired) electrons. The average molecular weight is 358 g/mol. The van der Waals surface area contributed by atoms with Gasteiger partial charge in [0.1, 0.15) is 5.82 Å². The maximum absolute atomic E-state index is 12.1. The summed E-state index contributed by atoms with van der Waals surface area (Å²) in [4.78, 5) is 20.4. The van der Waals surface area contributed by atoms with Gasteiger partial charge in [-0.15, -0.1) is 0 Å². The predicted octanol–water partition coefficient (Wildman–Crippen LogP) is 3.14. The zero-order valence-corrected chi connectivity index (χ0v) is 15.9. The molecule has 2 aromatic rings. The molecule has 2 N–H and O–H groups in total. The van der Waals surface area contributed by atoms with Crippen LogP contribution in [0.25, 0.3) is 0 Å². The molecule has 2 amide bonds. The van der Waals surface area contributed by atoms with Gasteiger partial charge in [0.15, 0.2) is 11.5 Å². The first kappa shape index (κ1) is 19.5. The van der Waals surface area contributed by atoms with Crippen LogP contribution in [0.1, 0.15) is 43.9 Å². The molecule has 140 valence electrons. The minimum atomic E-state index is -0.268. The molecule has 0 aliphatic carbocycles. The second-order valence-electron chi connectivity index (χ2n) is 6.22. The fraction of sp³-hybridized carbons (Fsp3) is 0.421. The quantitative estimate of drug-likeness (QED) is 0.794. The molecule has 1 atom stereocenters. The average Bonchev–Trinajstić information content (AvgIpc) is 2.60. The fourth-order valence-corrected chi connectivity index (χ4v) is 2.41. The summed E-state index contributed by atoms with van der Waals surface area (Å²) in [5.74, 6) is 2.00. The van der Waals surface area contributed by atoms with E-state index in [9.17, 15) is 4.79 Å². The molecular formula is C19H26N4O3. The highest BCUT2D eigenvalue weighted by molar-refractivity contribution is 5.74. The zero-order valence-electron chi connectivity index (χ0n) is 15.9. The first-order valence-corrected chi connectivity index (χ1v) is 8.56. The number of nitrogens with zero attached hydrogens (tertiary/aromatic N) is 2. The van der Waals surface area contributed by atoms with Crippen LogP contribution in [0.3, 0.4) is 0 Å². The van der Waals surface area contributed by atoms with E-state index in [1.165, 1.54) is 0 Å².